The summed E-state index contributed by atoms with van der Waals surface area (Å²) in [5, 5.41) is 0. The third kappa shape index (κ3) is 3.57. The number of carbonyl (C=O) groups is 2. The maximum Gasteiger partial charge on any atom is 0.319 e. The molecule has 1 aliphatic rings. The highest BCUT2D eigenvalue weighted by Gasteiger charge is 2.23. The lowest BCUT2D eigenvalue weighted by molar-refractivity contribution is 0.0863. The van der Waals surface area contributed by atoms with Gasteiger partial charge in [-0.2, -0.15) is 0 Å². The summed E-state index contributed by atoms with van der Waals surface area (Å²) in [4.78, 5) is 29.4. The van der Waals surface area contributed by atoms with Crippen LogP contribution in [-0.4, -0.2) is 73.3 Å². The Bertz CT molecular complexity index is 465. The summed E-state index contributed by atoms with van der Waals surface area (Å²) in [7, 11) is 3.52. The Balaban J connectivity index is 1.83. The molecule has 108 valence electrons. The minimum atomic E-state index is 0.0408. The van der Waals surface area contributed by atoms with Crippen LogP contribution in [0.4, 0.5) is 4.79 Å². The van der Waals surface area contributed by atoms with Crippen LogP contribution in [0.3, 0.4) is 0 Å². The maximum absolute atomic E-state index is 12.1. The smallest absolute Gasteiger partial charge is 0.319 e. The maximum atomic E-state index is 12.1. The number of Topliss-reactive ketones (excluding diaryl/α,β-unsaturated/α-hetero) is 1. The third-order valence-corrected chi connectivity index (χ3v) is 3.49. The van der Waals surface area contributed by atoms with E-state index in [9.17, 15) is 9.59 Å². The summed E-state index contributed by atoms with van der Waals surface area (Å²) in [5.74, 6) is 0.137. The number of ketones is 1. The fraction of sp³-hybridized carbons (Fsp3) is 0.467. The van der Waals surface area contributed by atoms with Crippen LogP contribution in [0.15, 0.2) is 30.3 Å². The molecule has 2 rings (SSSR count). The van der Waals surface area contributed by atoms with Crippen LogP contribution in [0.2, 0.25) is 0 Å². The minimum Gasteiger partial charge on any atom is -0.331 e. The van der Waals surface area contributed by atoms with Gasteiger partial charge in [0.25, 0.3) is 0 Å². The molecule has 0 bridgehead atoms. The Labute approximate surface area is 119 Å². The molecule has 5 nitrogen and oxygen atoms in total. The predicted molar refractivity (Wildman–Crippen MR) is 77.9 cm³/mol. The van der Waals surface area contributed by atoms with Crippen molar-refractivity contribution < 1.29 is 9.59 Å². The van der Waals surface area contributed by atoms with Crippen LogP contribution in [0.25, 0.3) is 0 Å². The summed E-state index contributed by atoms with van der Waals surface area (Å²) in [6.45, 7) is 3.28. The second-order valence-corrected chi connectivity index (χ2v) is 5.23. The van der Waals surface area contributed by atoms with Crippen LogP contribution in [-0.2, 0) is 0 Å². The Morgan fingerprint density at radius 3 is 2.20 bits per heavy atom. The van der Waals surface area contributed by atoms with Crippen molar-refractivity contribution in [3.8, 4) is 0 Å². The number of rotatable bonds is 3. The number of nitrogens with zero attached hydrogens (tertiary/aromatic N) is 3. The van der Waals surface area contributed by atoms with E-state index in [0.29, 0.717) is 19.6 Å². The van der Waals surface area contributed by atoms with Crippen LogP contribution in [0.5, 0.6) is 0 Å². The van der Waals surface area contributed by atoms with Gasteiger partial charge < -0.3 is 9.80 Å². The lowest BCUT2D eigenvalue weighted by Gasteiger charge is -2.35. The lowest BCUT2D eigenvalue weighted by atomic mass is 10.1. The zero-order chi connectivity index (χ0) is 14.5. The van der Waals surface area contributed by atoms with Crippen LogP contribution in [0.1, 0.15) is 10.4 Å². The first-order chi connectivity index (χ1) is 9.58. The predicted octanol–water partition coefficient (Wildman–Crippen LogP) is 1.17. The molecular weight excluding hydrogens is 254 g/mol. The number of hydrogen-bond acceptors (Lipinski definition) is 3. The van der Waals surface area contributed by atoms with Gasteiger partial charge in [-0.15, -0.1) is 0 Å². The summed E-state index contributed by atoms with van der Waals surface area (Å²) in [6.07, 6.45) is 0. The highest BCUT2D eigenvalue weighted by molar-refractivity contribution is 5.97. The molecule has 1 saturated heterocycles. The molecule has 0 aromatic heterocycles. The number of piperazine rings is 1. The lowest BCUT2D eigenvalue weighted by Crippen LogP contribution is -2.52. The van der Waals surface area contributed by atoms with Crippen molar-refractivity contribution in [3.63, 3.8) is 0 Å². The molecule has 0 N–H and O–H groups in total. The summed E-state index contributed by atoms with van der Waals surface area (Å²) in [5.41, 5.74) is 0.749. The SMILES string of the molecule is CN(C)C(=O)N1CCN(CC(=O)c2ccccc2)CC1. The molecular formula is C15H21N3O2. The number of carbonyl (C=O) groups excluding carboxylic acids is 2. The molecule has 1 heterocycles. The third-order valence-electron chi connectivity index (χ3n) is 3.49. The molecule has 0 spiro atoms. The molecule has 1 aromatic rings. The average Bonchev–Trinajstić information content (AvgIpc) is 2.48. The fourth-order valence-corrected chi connectivity index (χ4v) is 2.30. The highest BCUT2D eigenvalue weighted by Crippen LogP contribution is 2.07. The number of amides is 2. The highest BCUT2D eigenvalue weighted by atomic mass is 16.2. The Kier molecular flexibility index (Phi) is 4.74. The van der Waals surface area contributed by atoms with Gasteiger partial charge in [0.2, 0.25) is 0 Å². The molecule has 20 heavy (non-hydrogen) atoms. The van der Waals surface area contributed by atoms with Crippen LogP contribution < -0.4 is 0 Å². The monoisotopic (exact) mass is 275 g/mol. The number of urea groups is 1. The first kappa shape index (κ1) is 14.5. The molecule has 2 amide bonds. The van der Waals surface area contributed by atoms with Crippen molar-refractivity contribution in [2.24, 2.45) is 0 Å². The van der Waals surface area contributed by atoms with Crippen molar-refractivity contribution in [3.05, 3.63) is 35.9 Å². The molecule has 1 aliphatic heterocycles. The Morgan fingerprint density at radius 2 is 1.65 bits per heavy atom. The summed E-state index contributed by atoms with van der Waals surface area (Å²) >= 11 is 0. The van der Waals surface area contributed by atoms with Gasteiger partial charge in [0, 0.05) is 45.8 Å². The standard InChI is InChI=1S/C15H21N3O2/c1-16(2)15(20)18-10-8-17(9-11-18)12-14(19)13-6-4-3-5-7-13/h3-7H,8-12H2,1-2H3. The van der Waals surface area contributed by atoms with Gasteiger partial charge in [-0.3, -0.25) is 9.69 Å². The van der Waals surface area contributed by atoms with Crippen LogP contribution >= 0.6 is 0 Å². The molecule has 1 aromatic carbocycles. The van der Waals surface area contributed by atoms with Gasteiger partial charge in [-0.1, -0.05) is 30.3 Å². The molecule has 5 heteroatoms. The Morgan fingerprint density at radius 1 is 1.05 bits per heavy atom. The molecule has 0 atom stereocenters. The van der Waals surface area contributed by atoms with E-state index in [4.69, 9.17) is 0 Å². The van der Waals surface area contributed by atoms with Gasteiger partial charge in [0.1, 0.15) is 0 Å². The van der Waals surface area contributed by atoms with Crippen molar-refractivity contribution >= 4 is 11.8 Å². The van der Waals surface area contributed by atoms with Crippen molar-refractivity contribution in [1.82, 2.24) is 14.7 Å². The fourth-order valence-electron chi connectivity index (χ4n) is 2.30. The first-order valence-corrected chi connectivity index (χ1v) is 6.85. The second-order valence-electron chi connectivity index (χ2n) is 5.23. The van der Waals surface area contributed by atoms with Crippen molar-refractivity contribution in [2.45, 2.75) is 0 Å². The molecule has 0 radical (unpaired) electrons. The van der Waals surface area contributed by atoms with Gasteiger partial charge >= 0.3 is 6.03 Å². The summed E-state index contributed by atoms with van der Waals surface area (Å²) < 4.78 is 0. The number of hydrogen-bond donors (Lipinski definition) is 0. The quantitative estimate of drug-likeness (QED) is 0.778. The van der Waals surface area contributed by atoms with Crippen molar-refractivity contribution in [1.29, 1.82) is 0 Å². The van der Waals surface area contributed by atoms with Crippen molar-refractivity contribution in [2.75, 3.05) is 46.8 Å². The average molecular weight is 275 g/mol. The van der Waals surface area contributed by atoms with Gasteiger partial charge in [-0.05, 0) is 0 Å². The van der Waals surface area contributed by atoms with Gasteiger partial charge in [0.05, 0.1) is 6.54 Å². The zero-order valence-corrected chi connectivity index (χ0v) is 12.1. The first-order valence-electron chi connectivity index (χ1n) is 6.85. The summed E-state index contributed by atoms with van der Waals surface area (Å²) in [6, 6.07) is 9.38. The van der Waals surface area contributed by atoms with E-state index < -0.39 is 0 Å². The minimum absolute atomic E-state index is 0.0408. The second kappa shape index (κ2) is 6.52. The van der Waals surface area contributed by atoms with E-state index in [0.717, 1.165) is 18.7 Å². The largest absolute Gasteiger partial charge is 0.331 e. The molecule has 1 fully saturated rings. The van der Waals surface area contributed by atoms with Crippen LogP contribution in [0, 0.1) is 0 Å². The van der Waals surface area contributed by atoms with E-state index in [-0.39, 0.29) is 11.8 Å². The van der Waals surface area contributed by atoms with E-state index in [1.54, 1.807) is 19.0 Å². The molecule has 0 unspecified atom stereocenters. The molecule has 0 aliphatic carbocycles. The van der Waals surface area contributed by atoms with E-state index in [2.05, 4.69) is 4.90 Å². The zero-order valence-electron chi connectivity index (χ0n) is 12.1. The van der Waals surface area contributed by atoms with Gasteiger partial charge in [0.15, 0.2) is 5.78 Å². The van der Waals surface area contributed by atoms with E-state index in [1.807, 2.05) is 35.2 Å². The normalized spacial score (nSPS) is 16.0. The Hall–Kier alpha value is -1.88. The van der Waals surface area contributed by atoms with E-state index >= 15 is 0 Å². The van der Waals surface area contributed by atoms with E-state index in [1.165, 1.54) is 0 Å². The van der Waals surface area contributed by atoms with Gasteiger partial charge in [-0.25, -0.2) is 4.79 Å². The molecule has 0 saturated carbocycles. The number of benzene rings is 1. The topological polar surface area (TPSA) is 43.9 Å².